The molecule has 2 heterocycles. The maximum absolute atomic E-state index is 13.0. The lowest BCUT2D eigenvalue weighted by Gasteiger charge is -2.00. The molecule has 2 aromatic heterocycles. The van der Waals surface area contributed by atoms with Gasteiger partial charge in [0.2, 0.25) is 0 Å². The van der Waals surface area contributed by atoms with Crippen LogP contribution in [0.1, 0.15) is 16.4 Å². The standard InChI is InChI=1S/C13H10ClFN4OS/c14-9-4-8(15)2-1-7(9)3-11-18-13(20-19-11)10-6-21-12(5-16)17-10/h1-2,4,6H,3,5,16H2. The van der Waals surface area contributed by atoms with Crippen molar-refractivity contribution in [3.63, 3.8) is 0 Å². The molecule has 1 aromatic carbocycles. The molecule has 3 rings (SSSR count). The van der Waals surface area contributed by atoms with Gasteiger partial charge in [-0.05, 0) is 17.7 Å². The Balaban J connectivity index is 1.81. The number of benzene rings is 1. The molecule has 0 saturated heterocycles. The van der Waals surface area contributed by atoms with Gasteiger partial charge in [-0.2, -0.15) is 4.98 Å². The summed E-state index contributed by atoms with van der Waals surface area (Å²) in [5.74, 6) is 0.411. The van der Waals surface area contributed by atoms with Crippen molar-refractivity contribution >= 4 is 22.9 Å². The van der Waals surface area contributed by atoms with Gasteiger partial charge in [0.15, 0.2) is 5.82 Å². The van der Waals surface area contributed by atoms with Gasteiger partial charge in [-0.3, -0.25) is 0 Å². The molecule has 0 bridgehead atoms. The predicted molar refractivity (Wildman–Crippen MR) is 77.5 cm³/mol. The second kappa shape index (κ2) is 5.88. The van der Waals surface area contributed by atoms with Crippen LogP contribution in [0.5, 0.6) is 0 Å². The Morgan fingerprint density at radius 2 is 2.19 bits per heavy atom. The first-order valence-electron chi connectivity index (χ1n) is 6.07. The molecule has 0 amide bonds. The highest BCUT2D eigenvalue weighted by Crippen LogP contribution is 2.23. The fourth-order valence-corrected chi connectivity index (χ4v) is 2.65. The van der Waals surface area contributed by atoms with Crippen molar-refractivity contribution in [3.8, 4) is 11.6 Å². The lowest BCUT2D eigenvalue weighted by molar-refractivity contribution is 0.423. The van der Waals surface area contributed by atoms with Crippen LogP contribution in [0, 0.1) is 5.82 Å². The van der Waals surface area contributed by atoms with Crippen LogP contribution in [0.2, 0.25) is 5.02 Å². The van der Waals surface area contributed by atoms with Gasteiger partial charge in [0, 0.05) is 23.4 Å². The molecule has 0 unspecified atom stereocenters. The van der Waals surface area contributed by atoms with Gasteiger partial charge in [0.25, 0.3) is 5.89 Å². The van der Waals surface area contributed by atoms with Gasteiger partial charge < -0.3 is 10.3 Å². The predicted octanol–water partition coefficient (Wildman–Crippen LogP) is 3.04. The van der Waals surface area contributed by atoms with Gasteiger partial charge in [-0.1, -0.05) is 22.8 Å². The molecule has 0 atom stereocenters. The summed E-state index contributed by atoms with van der Waals surface area (Å²) in [6, 6.07) is 4.20. The van der Waals surface area contributed by atoms with E-state index in [1.807, 2.05) is 5.38 Å². The monoisotopic (exact) mass is 324 g/mol. The van der Waals surface area contributed by atoms with E-state index in [4.69, 9.17) is 21.9 Å². The fourth-order valence-electron chi connectivity index (χ4n) is 1.77. The lowest BCUT2D eigenvalue weighted by Crippen LogP contribution is -1.95. The van der Waals surface area contributed by atoms with Crippen molar-refractivity contribution in [2.45, 2.75) is 13.0 Å². The van der Waals surface area contributed by atoms with Crippen LogP contribution in [-0.2, 0) is 13.0 Å². The number of hydrogen-bond acceptors (Lipinski definition) is 6. The number of hydrogen-bond donors (Lipinski definition) is 1. The van der Waals surface area contributed by atoms with E-state index >= 15 is 0 Å². The Bertz CT molecular complexity index is 773. The summed E-state index contributed by atoms with van der Waals surface area (Å²) in [5, 5.41) is 6.82. The SMILES string of the molecule is NCc1nc(-c2nc(Cc3ccc(F)cc3Cl)no2)cs1. The third-order valence-corrected chi connectivity index (χ3v) is 4.00. The van der Waals surface area contributed by atoms with Crippen molar-refractivity contribution < 1.29 is 8.91 Å². The summed E-state index contributed by atoms with van der Waals surface area (Å²) in [6.45, 7) is 0.372. The smallest absolute Gasteiger partial charge is 0.277 e. The van der Waals surface area contributed by atoms with E-state index in [9.17, 15) is 4.39 Å². The van der Waals surface area contributed by atoms with Crippen LogP contribution >= 0.6 is 22.9 Å². The van der Waals surface area contributed by atoms with Crippen LogP contribution in [0.4, 0.5) is 4.39 Å². The Hall–Kier alpha value is -1.83. The van der Waals surface area contributed by atoms with E-state index in [1.165, 1.54) is 23.5 Å². The third kappa shape index (κ3) is 3.10. The van der Waals surface area contributed by atoms with Gasteiger partial charge in [-0.25, -0.2) is 9.37 Å². The number of halogens is 2. The molecule has 0 spiro atoms. The summed E-state index contributed by atoms with van der Waals surface area (Å²) >= 11 is 7.41. The van der Waals surface area contributed by atoms with Gasteiger partial charge in [0.1, 0.15) is 16.5 Å². The molecular formula is C13H10ClFN4OS. The summed E-state index contributed by atoms with van der Waals surface area (Å²) in [5.41, 5.74) is 6.84. The molecule has 0 saturated carbocycles. The molecule has 5 nitrogen and oxygen atoms in total. The van der Waals surface area contributed by atoms with Crippen LogP contribution < -0.4 is 5.73 Å². The lowest BCUT2D eigenvalue weighted by atomic mass is 10.1. The van der Waals surface area contributed by atoms with Crippen LogP contribution in [0.25, 0.3) is 11.6 Å². The summed E-state index contributed by atoms with van der Waals surface area (Å²) < 4.78 is 18.2. The van der Waals surface area contributed by atoms with Crippen molar-refractivity contribution in [2.75, 3.05) is 0 Å². The second-order valence-electron chi connectivity index (χ2n) is 4.26. The normalized spacial score (nSPS) is 11.0. The first kappa shape index (κ1) is 14.1. The average molecular weight is 325 g/mol. The highest BCUT2D eigenvalue weighted by atomic mass is 35.5. The van der Waals surface area contributed by atoms with E-state index in [-0.39, 0.29) is 5.82 Å². The molecule has 0 aliphatic carbocycles. The van der Waals surface area contributed by atoms with Crippen LogP contribution in [0.15, 0.2) is 28.1 Å². The van der Waals surface area contributed by atoms with Gasteiger partial charge in [0.05, 0.1) is 0 Å². The zero-order chi connectivity index (χ0) is 14.8. The van der Waals surface area contributed by atoms with E-state index in [1.54, 1.807) is 6.07 Å². The molecule has 2 N–H and O–H groups in total. The average Bonchev–Trinajstić information content (AvgIpc) is 3.10. The number of aromatic nitrogens is 3. The molecule has 0 aliphatic rings. The van der Waals surface area contributed by atoms with Gasteiger partial charge >= 0.3 is 0 Å². The topological polar surface area (TPSA) is 77.8 Å². The molecule has 21 heavy (non-hydrogen) atoms. The fraction of sp³-hybridized carbons (Fsp3) is 0.154. The largest absolute Gasteiger partial charge is 0.332 e. The first-order chi connectivity index (χ1) is 10.2. The molecule has 3 aromatic rings. The molecule has 0 radical (unpaired) electrons. The molecule has 8 heteroatoms. The van der Waals surface area contributed by atoms with E-state index < -0.39 is 0 Å². The maximum Gasteiger partial charge on any atom is 0.277 e. The Morgan fingerprint density at radius 3 is 2.90 bits per heavy atom. The summed E-state index contributed by atoms with van der Waals surface area (Å²) in [4.78, 5) is 8.53. The number of nitrogens with zero attached hydrogens (tertiary/aromatic N) is 3. The molecule has 108 valence electrons. The zero-order valence-electron chi connectivity index (χ0n) is 10.7. The minimum Gasteiger partial charge on any atom is -0.332 e. The Labute approximate surface area is 128 Å². The molecule has 0 aliphatic heterocycles. The van der Waals surface area contributed by atoms with Crippen molar-refractivity contribution in [1.82, 2.24) is 15.1 Å². The summed E-state index contributed by atoms with van der Waals surface area (Å²) in [7, 11) is 0. The second-order valence-corrected chi connectivity index (χ2v) is 5.61. The number of nitrogens with two attached hydrogens (primary N) is 1. The minimum absolute atomic E-state index is 0.333. The van der Waals surface area contributed by atoms with E-state index in [0.29, 0.717) is 35.4 Å². The highest BCUT2D eigenvalue weighted by Gasteiger charge is 2.13. The Kier molecular flexibility index (Phi) is 3.96. The zero-order valence-corrected chi connectivity index (χ0v) is 12.3. The number of rotatable bonds is 4. The van der Waals surface area contributed by atoms with Crippen molar-refractivity contribution in [2.24, 2.45) is 5.73 Å². The molecular weight excluding hydrogens is 315 g/mol. The first-order valence-corrected chi connectivity index (χ1v) is 7.33. The summed E-state index contributed by atoms with van der Waals surface area (Å²) in [6.07, 6.45) is 0.358. The highest BCUT2D eigenvalue weighted by molar-refractivity contribution is 7.09. The van der Waals surface area contributed by atoms with Crippen LogP contribution in [-0.4, -0.2) is 15.1 Å². The van der Waals surface area contributed by atoms with E-state index in [0.717, 1.165) is 10.6 Å². The minimum atomic E-state index is -0.380. The van der Waals surface area contributed by atoms with E-state index in [2.05, 4.69) is 15.1 Å². The van der Waals surface area contributed by atoms with Gasteiger partial charge in [-0.15, -0.1) is 11.3 Å². The Morgan fingerprint density at radius 1 is 1.33 bits per heavy atom. The van der Waals surface area contributed by atoms with Crippen LogP contribution in [0.3, 0.4) is 0 Å². The number of thiazole rings is 1. The van der Waals surface area contributed by atoms with Crippen molar-refractivity contribution in [1.29, 1.82) is 0 Å². The quantitative estimate of drug-likeness (QED) is 0.798. The van der Waals surface area contributed by atoms with Crippen molar-refractivity contribution in [3.05, 3.63) is 50.8 Å². The maximum atomic E-state index is 13.0. The third-order valence-electron chi connectivity index (χ3n) is 2.78. The molecule has 0 fully saturated rings.